The van der Waals surface area contributed by atoms with Crippen LogP contribution in [-0.2, 0) is 6.42 Å². The van der Waals surface area contributed by atoms with Crippen LogP contribution in [-0.4, -0.2) is 29.3 Å². The molecule has 0 spiro atoms. The largest absolute Gasteiger partial charge is 0.496 e. The highest BCUT2D eigenvalue weighted by molar-refractivity contribution is 5.49. The minimum absolute atomic E-state index is 0.0192. The van der Waals surface area contributed by atoms with Crippen molar-refractivity contribution in [2.45, 2.75) is 69.9 Å². The Labute approximate surface area is 179 Å². The third kappa shape index (κ3) is 2.91. The van der Waals surface area contributed by atoms with E-state index in [1.54, 1.807) is 7.11 Å². The smallest absolute Gasteiger partial charge is 0.123 e. The molecule has 1 aromatic carbocycles. The second-order valence-electron chi connectivity index (χ2n) is 10.1. The number of hydrogen-bond donors (Lipinski definition) is 2. The summed E-state index contributed by atoms with van der Waals surface area (Å²) in [6, 6.07) is 10.7. The third-order valence-electron chi connectivity index (χ3n) is 8.72. The third-order valence-corrected chi connectivity index (χ3v) is 8.72. The number of nitrogens with two attached hydrogens (primary N) is 1. The van der Waals surface area contributed by atoms with Crippen LogP contribution in [0.25, 0.3) is 0 Å². The zero-order valence-electron chi connectivity index (χ0n) is 18.3. The highest BCUT2D eigenvalue weighted by Crippen LogP contribution is 2.61. The zero-order valence-corrected chi connectivity index (χ0v) is 18.3. The number of pyridine rings is 1. The quantitative estimate of drug-likeness (QED) is 0.793. The zero-order chi connectivity index (χ0) is 21.0. The lowest BCUT2D eigenvalue weighted by atomic mass is 9.55. The first kappa shape index (κ1) is 20.0. The van der Waals surface area contributed by atoms with Crippen LogP contribution in [0.1, 0.15) is 73.8 Å². The molecule has 3 aliphatic rings. The van der Waals surface area contributed by atoms with E-state index in [1.807, 2.05) is 12.3 Å². The van der Waals surface area contributed by atoms with Crippen molar-refractivity contribution in [1.82, 2.24) is 4.98 Å². The average Bonchev–Trinajstić information content (AvgIpc) is 3.02. The number of aryl methyl sites for hydroxylation is 1. The molecule has 4 nitrogen and oxygen atoms in total. The van der Waals surface area contributed by atoms with Crippen molar-refractivity contribution in [3.8, 4) is 5.75 Å². The van der Waals surface area contributed by atoms with Crippen LogP contribution in [0.4, 0.5) is 0 Å². The van der Waals surface area contributed by atoms with Crippen LogP contribution in [0.15, 0.2) is 36.5 Å². The van der Waals surface area contributed by atoms with Gasteiger partial charge in [0.2, 0.25) is 0 Å². The van der Waals surface area contributed by atoms with E-state index in [2.05, 4.69) is 43.1 Å². The minimum Gasteiger partial charge on any atom is -0.496 e. The molecule has 5 rings (SSSR count). The van der Waals surface area contributed by atoms with Crippen molar-refractivity contribution in [2.75, 3.05) is 7.11 Å². The van der Waals surface area contributed by atoms with Gasteiger partial charge in [-0.25, -0.2) is 0 Å². The number of methoxy groups -OCH3 is 1. The number of ether oxygens (including phenoxy) is 1. The maximum atomic E-state index is 10.8. The number of nitrogens with zero attached hydrogens (tertiary/aromatic N) is 1. The van der Waals surface area contributed by atoms with Crippen molar-refractivity contribution in [1.29, 1.82) is 0 Å². The molecule has 0 radical (unpaired) electrons. The molecule has 0 amide bonds. The van der Waals surface area contributed by atoms with Gasteiger partial charge in [0.05, 0.1) is 13.2 Å². The summed E-state index contributed by atoms with van der Waals surface area (Å²) in [6.07, 6.45) is 6.94. The monoisotopic (exact) mass is 406 g/mol. The maximum Gasteiger partial charge on any atom is 0.123 e. The van der Waals surface area contributed by atoms with Gasteiger partial charge in [0.25, 0.3) is 0 Å². The van der Waals surface area contributed by atoms with Crippen molar-refractivity contribution in [2.24, 2.45) is 23.0 Å². The fraction of sp³-hybridized carbons (Fsp3) is 0.577. The van der Waals surface area contributed by atoms with Crippen molar-refractivity contribution in [3.05, 3.63) is 58.9 Å². The lowest BCUT2D eigenvalue weighted by Crippen LogP contribution is -2.45. The van der Waals surface area contributed by atoms with Crippen LogP contribution in [0.5, 0.6) is 5.75 Å². The van der Waals surface area contributed by atoms with Gasteiger partial charge in [-0.2, -0.15) is 0 Å². The molecule has 1 aromatic heterocycles. The Balaban J connectivity index is 1.54. The predicted molar refractivity (Wildman–Crippen MR) is 119 cm³/mol. The van der Waals surface area contributed by atoms with Crippen LogP contribution in [0.3, 0.4) is 0 Å². The topological polar surface area (TPSA) is 68.4 Å². The van der Waals surface area contributed by atoms with Gasteiger partial charge in [-0.3, -0.25) is 4.98 Å². The van der Waals surface area contributed by atoms with Gasteiger partial charge in [-0.1, -0.05) is 26.0 Å². The summed E-state index contributed by atoms with van der Waals surface area (Å²) in [5, 5.41) is 10.8. The Bertz CT molecular complexity index is 930. The van der Waals surface area contributed by atoms with E-state index in [9.17, 15) is 5.11 Å². The van der Waals surface area contributed by atoms with Crippen LogP contribution < -0.4 is 10.5 Å². The van der Waals surface area contributed by atoms with Gasteiger partial charge < -0.3 is 15.6 Å². The maximum absolute atomic E-state index is 10.8. The molecule has 4 heteroatoms. The van der Waals surface area contributed by atoms with Crippen molar-refractivity contribution >= 4 is 0 Å². The summed E-state index contributed by atoms with van der Waals surface area (Å²) in [4.78, 5) is 4.60. The van der Waals surface area contributed by atoms with Crippen molar-refractivity contribution < 1.29 is 9.84 Å². The van der Waals surface area contributed by atoms with E-state index in [4.69, 9.17) is 10.5 Å². The molecule has 0 saturated heterocycles. The second-order valence-corrected chi connectivity index (χ2v) is 10.1. The van der Waals surface area contributed by atoms with E-state index >= 15 is 0 Å². The Morgan fingerprint density at radius 1 is 1.27 bits per heavy atom. The van der Waals surface area contributed by atoms with E-state index in [1.165, 1.54) is 23.1 Å². The molecule has 3 N–H and O–H groups in total. The lowest BCUT2D eigenvalue weighted by molar-refractivity contribution is -0.0256. The number of rotatable bonds is 3. The average molecular weight is 407 g/mol. The molecule has 2 aromatic rings. The fourth-order valence-electron chi connectivity index (χ4n) is 6.99. The Morgan fingerprint density at radius 3 is 2.83 bits per heavy atom. The molecule has 2 saturated carbocycles. The first-order chi connectivity index (χ1) is 14.4. The van der Waals surface area contributed by atoms with Gasteiger partial charge >= 0.3 is 0 Å². The number of fused-ring (bicyclic) bond motifs is 5. The number of benzene rings is 1. The molecular formula is C26H34N2O2. The predicted octanol–water partition coefficient (Wildman–Crippen LogP) is 4.40. The highest BCUT2D eigenvalue weighted by Gasteiger charge is 2.57. The summed E-state index contributed by atoms with van der Waals surface area (Å²) in [5.74, 6) is 2.86. The minimum atomic E-state index is -0.361. The number of aliphatic hydroxyl groups excluding tert-OH is 1. The standard InChI is InChI=1S/C26H34N2O2/c1-15(23-6-4-5-11-28-23)19-13-20-16(12-24(19)30-3)7-8-18-17(20)9-10-26(2)21(18)14-22(27)25(26)29/h4-6,11-13,15,17-18,21-22,25,29H,7-10,14,27H2,1-3H3/t15?,17-,18+,21-,22+,25-,26-/m0/s1. The second kappa shape index (κ2) is 7.35. The van der Waals surface area contributed by atoms with E-state index in [0.29, 0.717) is 17.8 Å². The molecular weight excluding hydrogens is 372 g/mol. The summed E-state index contributed by atoms with van der Waals surface area (Å²) in [5.41, 5.74) is 11.6. The van der Waals surface area contributed by atoms with Gasteiger partial charge in [0.1, 0.15) is 5.75 Å². The highest BCUT2D eigenvalue weighted by atomic mass is 16.5. The Morgan fingerprint density at radius 2 is 2.10 bits per heavy atom. The molecule has 160 valence electrons. The number of hydrogen-bond acceptors (Lipinski definition) is 4. The van der Waals surface area contributed by atoms with E-state index in [-0.39, 0.29) is 23.5 Å². The summed E-state index contributed by atoms with van der Waals surface area (Å²) in [7, 11) is 1.77. The molecule has 3 aliphatic carbocycles. The number of aromatic nitrogens is 1. The van der Waals surface area contributed by atoms with E-state index in [0.717, 1.165) is 37.1 Å². The summed E-state index contributed by atoms with van der Waals surface area (Å²) < 4.78 is 5.83. The molecule has 0 aliphatic heterocycles. The first-order valence-corrected chi connectivity index (χ1v) is 11.5. The van der Waals surface area contributed by atoms with Gasteiger partial charge in [-0.15, -0.1) is 0 Å². The van der Waals surface area contributed by atoms with Gasteiger partial charge in [-0.05, 0) is 84.6 Å². The molecule has 0 bridgehead atoms. The molecule has 7 atom stereocenters. The first-order valence-electron chi connectivity index (χ1n) is 11.5. The fourth-order valence-corrected chi connectivity index (χ4v) is 6.99. The van der Waals surface area contributed by atoms with Crippen molar-refractivity contribution in [3.63, 3.8) is 0 Å². The molecule has 1 heterocycles. The van der Waals surface area contributed by atoms with Crippen LogP contribution >= 0.6 is 0 Å². The van der Waals surface area contributed by atoms with E-state index < -0.39 is 0 Å². The lowest BCUT2D eigenvalue weighted by Gasteiger charge is -2.50. The molecule has 30 heavy (non-hydrogen) atoms. The summed E-state index contributed by atoms with van der Waals surface area (Å²) >= 11 is 0. The van der Waals surface area contributed by atoms with Crippen LogP contribution in [0, 0.1) is 17.3 Å². The Hall–Kier alpha value is -1.91. The normalized spacial score (nSPS) is 35.8. The molecule has 2 fully saturated rings. The van der Waals surface area contributed by atoms with Gasteiger partial charge in [0.15, 0.2) is 0 Å². The Kier molecular flexibility index (Phi) is 4.90. The number of aliphatic hydroxyl groups is 1. The SMILES string of the molecule is COc1cc2c(cc1C(C)c1ccccn1)[C@H]1CC[C@]3(C)[C@@H](O)[C@H](N)C[C@H]3[C@@H]1CC2. The van der Waals surface area contributed by atoms with Gasteiger partial charge in [0, 0.05) is 29.4 Å². The molecule has 1 unspecified atom stereocenters. The van der Waals surface area contributed by atoms with Crippen LogP contribution in [0.2, 0.25) is 0 Å². The summed E-state index contributed by atoms with van der Waals surface area (Å²) in [6.45, 7) is 4.50.